The molecule has 0 bridgehead atoms. The van der Waals surface area contributed by atoms with Crippen LogP contribution in [-0.4, -0.2) is 57.7 Å². The van der Waals surface area contributed by atoms with E-state index in [0.29, 0.717) is 0 Å². The summed E-state index contributed by atoms with van der Waals surface area (Å²) in [6.45, 7) is -0.566. The Morgan fingerprint density at radius 2 is 1.67 bits per heavy atom. The third-order valence-electron chi connectivity index (χ3n) is 1.85. The van der Waals surface area contributed by atoms with E-state index in [1.165, 1.54) is 0 Å². The van der Waals surface area contributed by atoms with Crippen LogP contribution in [0.1, 0.15) is 0 Å². The first-order valence-electron chi connectivity index (χ1n) is 3.54. The van der Waals surface area contributed by atoms with E-state index >= 15 is 0 Å². The largest absolute Gasteiger partial charge is 0.394 e. The second-order valence-electron chi connectivity index (χ2n) is 2.70. The maximum Gasteiger partial charge on any atom is 0.220 e. The van der Waals surface area contributed by atoms with Gasteiger partial charge in [-0.2, -0.15) is 5.11 Å². The minimum Gasteiger partial charge on any atom is -0.394 e. The molecule has 71 valence electrons. The molecule has 0 spiro atoms. The molecule has 1 rings (SSSR count). The molecule has 6 nitrogen and oxygen atoms in total. The number of ether oxygens (including phenoxy) is 1. The minimum absolute atomic E-state index is 0.566. The summed E-state index contributed by atoms with van der Waals surface area (Å²) in [5.41, 5.74) is 0. The van der Waals surface area contributed by atoms with Crippen molar-refractivity contribution >= 4 is 0 Å². The molecule has 0 amide bonds. The summed E-state index contributed by atoms with van der Waals surface area (Å²) < 4.78 is 4.46. The molecule has 0 saturated carbocycles. The number of aliphatic hydroxyl groups excluding tert-OH is 4. The Bertz CT molecular complexity index is 146. The van der Waals surface area contributed by atoms with Crippen LogP contribution in [0.5, 0.6) is 0 Å². The Labute approximate surface area is 68.6 Å². The lowest BCUT2D eigenvalue weighted by molar-refractivity contribution is -0.303. The maximum absolute atomic E-state index is 10.7. The molecule has 4 N–H and O–H groups in total. The fraction of sp³-hybridized carbons (Fsp3) is 1.00. The van der Waals surface area contributed by atoms with Crippen molar-refractivity contribution in [2.75, 3.05) is 6.61 Å². The van der Waals surface area contributed by atoms with Gasteiger partial charge in [0.05, 0.1) is 6.61 Å². The summed E-state index contributed by atoms with van der Waals surface area (Å²) in [5.74, 6) is 0. The van der Waals surface area contributed by atoms with E-state index in [-0.39, 0.29) is 0 Å². The topological polar surface area (TPSA) is 110 Å². The Balaban J connectivity index is 2.63. The van der Waals surface area contributed by atoms with Crippen LogP contribution in [0, 0.1) is 0 Å². The molecule has 0 aromatic carbocycles. The van der Waals surface area contributed by atoms with Crippen molar-refractivity contribution in [1.29, 1.82) is 0 Å². The number of aliphatic hydroxyl groups is 4. The van der Waals surface area contributed by atoms with Crippen molar-refractivity contribution in [2.24, 2.45) is 0 Å². The number of hydrogen-bond acceptors (Lipinski definition) is 5. The van der Waals surface area contributed by atoms with Crippen molar-refractivity contribution in [1.82, 2.24) is 0 Å². The SMILES string of the molecule is [O][C@@H]1O[C@H](CO)[C@@H](O)[C@H](O)[C@H]1O. The lowest BCUT2D eigenvalue weighted by Crippen LogP contribution is -2.58. The van der Waals surface area contributed by atoms with E-state index in [1.807, 2.05) is 0 Å². The summed E-state index contributed by atoms with van der Waals surface area (Å²) in [6, 6.07) is 0. The van der Waals surface area contributed by atoms with Crippen LogP contribution in [0.3, 0.4) is 0 Å². The Kier molecular flexibility index (Phi) is 2.99. The van der Waals surface area contributed by atoms with Gasteiger partial charge in [0.25, 0.3) is 0 Å². The summed E-state index contributed by atoms with van der Waals surface area (Å²) in [7, 11) is 0. The van der Waals surface area contributed by atoms with Crippen LogP contribution < -0.4 is 0 Å². The predicted octanol–water partition coefficient (Wildman–Crippen LogP) is -2.78. The molecule has 1 saturated heterocycles. The summed E-state index contributed by atoms with van der Waals surface area (Å²) in [5, 5.41) is 46.3. The summed E-state index contributed by atoms with van der Waals surface area (Å²) >= 11 is 0. The zero-order valence-electron chi connectivity index (χ0n) is 6.20. The average molecular weight is 179 g/mol. The van der Waals surface area contributed by atoms with E-state index in [4.69, 9.17) is 20.4 Å². The van der Waals surface area contributed by atoms with Gasteiger partial charge in [0, 0.05) is 0 Å². The third-order valence-corrected chi connectivity index (χ3v) is 1.85. The van der Waals surface area contributed by atoms with Crippen molar-refractivity contribution in [3.63, 3.8) is 0 Å². The zero-order chi connectivity index (χ0) is 9.30. The van der Waals surface area contributed by atoms with Gasteiger partial charge in [-0.3, -0.25) is 0 Å². The van der Waals surface area contributed by atoms with Crippen LogP contribution in [0.4, 0.5) is 0 Å². The molecular weight excluding hydrogens is 168 g/mol. The van der Waals surface area contributed by atoms with Crippen LogP contribution in [0.2, 0.25) is 0 Å². The van der Waals surface area contributed by atoms with Gasteiger partial charge in [-0.05, 0) is 0 Å². The number of rotatable bonds is 1. The van der Waals surface area contributed by atoms with Crippen molar-refractivity contribution in [2.45, 2.75) is 30.7 Å². The average Bonchev–Trinajstić information content (AvgIpc) is 2.08. The number of hydrogen-bond donors (Lipinski definition) is 4. The molecule has 1 heterocycles. The molecule has 0 aliphatic carbocycles. The Hall–Kier alpha value is -0.240. The second kappa shape index (κ2) is 3.65. The van der Waals surface area contributed by atoms with E-state index in [2.05, 4.69) is 4.74 Å². The van der Waals surface area contributed by atoms with Gasteiger partial charge >= 0.3 is 0 Å². The fourth-order valence-electron chi connectivity index (χ4n) is 1.07. The lowest BCUT2D eigenvalue weighted by atomic mass is 10.00. The van der Waals surface area contributed by atoms with Crippen molar-refractivity contribution < 1.29 is 30.3 Å². The zero-order valence-corrected chi connectivity index (χ0v) is 6.20. The highest BCUT2D eigenvalue weighted by Crippen LogP contribution is 2.19. The first kappa shape index (κ1) is 9.85. The third kappa shape index (κ3) is 1.58. The molecule has 5 atom stereocenters. The monoisotopic (exact) mass is 179 g/mol. The smallest absolute Gasteiger partial charge is 0.220 e. The van der Waals surface area contributed by atoms with Crippen molar-refractivity contribution in [3.8, 4) is 0 Å². The highest BCUT2D eigenvalue weighted by molar-refractivity contribution is 4.87. The van der Waals surface area contributed by atoms with Gasteiger partial charge in [0.15, 0.2) is 0 Å². The molecular formula is C6H11O6. The van der Waals surface area contributed by atoms with Gasteiger partial charge in [-0.1, -0.05) is 0 Å². The van der Waals surface area contributed by atoms with Gasteiger partial charge in [-0.25, -0.2) is 0 Å². The normalized spacial score (nSPS) is 49.2. The first-order valence-corrected chi connectivity index (χ1v) is 3.54. The molecule has 1 fully saturated rings. The molecule has 1 aliphatic rings. The van der Waals surface area contributed by atoms with E-state index in [1.54, 1.807) is 0 Å². The lowest BCUT2D eigenvalue weighted by Gasteiger charge is -2.36. The highest BCUT2D eigenvalue weighted by Gasteiger charge is 2.43. The molecule has 0 unspecified atom stereocenters. The molecule has 12 heavy (non-hydrogen) atoms. The standard InChI is InChI=1S/C6H11O6/c7-1-2-3(8)4(9)5(10)6(11)12-2/h2-10H,1H2/t2-,3-,4+,5-,6-/m1/s1. The van der Waals surface area contributed by atoms with E-state index in [0.717, 1.165) is 0 Å². The molecule has 0 aromatic heterocycles. The second-order valence-corrected chi connectivity index (χ2v) is 2.70. The van der Waals surface area contributed by atoms with Crippen LogP contribution in [0.15, 0.2) is 0 Å². The predicted molar refractivity (Wildman–Crippen MR) is 34.5 cm³/mol. The first-order chi connectivity index (χ1) is 5.57. The summed E-state index contributed by atoms with van der Waals surface area (Å²) in [6.07, 6.45) is -7.57. The fourth-order valence-corrected chi connectivity index (χ4v) is 1.07. The summed E-state index contributed by atoms with van der Waals surface area (Å²) in [4.78, 5) is 0. The highest BCUT2D eigenvalue weighted by atomic mass is 16.6. The van der Waals surface area contributed by atoms with Crippen LogP contribution in [0.25, 0.3) is 0 Å². The van der Waals surface area contributed by atoms with E-state index < -0.39 is 37.3 Å². The molecule has 0 aromatic rings. The maximum atomic E-state index is 10.7. The minimum atomic E-state index is -1.82. The molecule has 1 aliphatic heterocycles. The van der Waals surface area contributed by atoms with Gasteiger partial charge < -0.3 is 25.2 Å². The van der Waals surface area contributed by atoms with Gasteiger partial charge in [0.1, 0.15) is 24.4 Å². The molecule has 1 radical (unpaired) electrons. The van der Waals surface area contributed by atoms with Gasteiger partial charge in [-0.15, -0.1) is 0 Å². The quantitative estimate of drug-likeness (QED) is 0.348. The van der Waals surface area contributed by atoms with Crippen molar-refractivity contribution in [3.05, 3.63) is 0 Å². The van der Waals surface area contributed by atoms with E-state index in [9.17, 15) is 5.11 Å². The Morgan fingerprint density at radius 1 is 1.08 bits per heavy atom. The van der Waals surface area contributed by atoms with Crippen LogP contribution in [-0.2, 0) is 9.84 Å². The molecule has 6 heteroatoms. The van der Waals surface area contributed by atoms with Gasteiger partial charge in [0.2, 0.25) is 6.29 Å². The Morgan fingerprint density at radius 3 is 2.17 bits per heavy atom. The van der Waals surface area contributed by atoms with Crippen LogP contribution >= 0.6 is 0 Å².